The van der Waals surface area contributed by atoms with E-state index in [9.17, 15) is 0 Å². The van der Waals surface area contributed by atoms with Crippen molar-refractivity contribution in [1.29, 1.82) is 0 Å². The predicted octanol–water partition coefficient (Wildman–Crippen LogP) is 4.93. The summed E-state index contributed by atoms with van der Waals surface area (Å²) in [6.07, 6.45) is 5.27. The summed E-state index contributed by atoms with van der Waals surface area (Å²) in [4.78, 5) is 11.5. The van der Waals surface area contributed by atoms with E-state index in [1.165, 1.54) is 0 Å². The maximum atomic E-state index is 6.01. The first-order valence-electron chi connectivity index (χ1n) is 7.87. The number of rotatable bonds is 3. The zero-order valence-electron chi connectivity index (χ0n) is 13.6. The highest BCUT2D eigenvalue weighted by Gasteiger charge is 2.07. The van der Waals surface area contributed by atoms with Crippen LogP contribution in [0.15, 0.2) is 71.3 Å². The van der Waals surface area contributed by atoms with Crippen molar-refractivity contribution in [2.45, 2.75) is 6.92 Å². The van der Waals surface area contributed by atoms with Crippen molar-refractivity contribution in [3.63, 3.8) is 0 Å². The van der Waals surface area contributed by atoms with Gasteiger partial charge in [-0.1, -0.05) is 17.7 Å². The molecule has 0 amide bonds. The Morgan fingerprint density at radius 3 is 2.60 bits per heavy atom. The van der Waals surface area contributed by atoms with E-state index in [0.29, 0.717) is 11.5 Å². The molecular formula is C19H16N6. The van der Waals surface area contributed by atoms with Gasteiger partial charge >= 0.3 is 0 Å². The van der Waals surface area contributed by atoms with Crippen molar-refractivity contribution in [2.24, 2.45) is 10.2 Å². The minimum absolute atomic E-state index is 0.369. The molecule has 0 saturated carbocycles. The maximum absolute atomic E-state index is 6.01. The Labute approximate surface area is 144 Å². The van der Waals surface area contributed by atoms with E-state index in [0.717, 1.165) is 33.4 Å². The van der Waals surface area contributed by atoms with Gasteiger partial charge in [0.15, 0.2) is 5.82 Å². The van der Waals surface area contributed by atoms with Gasteiger partial charge in [-0.2, -0.15) is 5.11 Å². The van der Waals surface area contributed by atoms with Crippen LogP contribution in [-0.4, -0.2) is 15.0 Å². The second-order valence-electron chi connectivity index (χ2n) is 5.77. The third-order valence-corrected chi connectivity index (χ3v) is 3.95. The lowest BCUT2D eigenvalue weighted by Crippen LogP contribution is -1.91. The number of hydrogen-bond donors (Lipinski definition) is 2. The first-order valence-corrected chi connectivity index (χ1v) is 7.87. The van der Waals surface area contributed by atoms with Crippen LogP contribution in [0.4, 0.5) is 17.2 Å². The Morgan fingerprint density at radius 1 is 1.00 bits per heavy atom. The monoisotopic (exact) mass is 328 g/mol. The van der Waals surface area contributed by atoms with Gasteiger partial charge in [-0.15, -0.1) is 5.11 Å². The number of hydrogen-bond acceptors (Lipinski definition) is 5. The first kappa shape index (κ1) is 15.0. The number of aromatic nitrogens is 3. The summed E-state index contributed by atoms with van der Waals surface area (Å²) in [5.41, 5.74) is 9.47. The Kier molecular flexibility index (Phi) is 3.70. The summed E-state index contributed by atoms with van der Waals surface area (Å²) in [7, 11) is 0. The molecular weight excluding hydrogens is 312 g/mol. The number of anilines is 1. The molecule has 0 atom stereocenters. The predicted molar refractivity (Wildman–Crippen MR) is 99.1 cm³/mol. The number of nitrogens with zero attached hydrogens (tertiary/aromatic N) is 4. The number of pyridine rings is 1. The molecule has 0 spiro atoms. The highest BCUT2D eigenvalue weighted by atomic mass is 15.1. The molecule has 0 unspecified atom stereocenters. The molecule has 2 aromatic heterocycles. The minimum atomic E-state index is 0.369. The fraction of sp³-hybridized carbons (Fsp3) is 0.0526. The smallest absolute Gasteiger partial charge is 0.151 e. The van der Waals surface area contributed by atoms with Gasteiger partial charge in [0.2, 0.25) is 0 Å². The van der Waals surface area contributed by atoms with Crippen molar-refractivity contribution in [3.05, 3.63) is 66.6 Å². The fourth-order valence-electron chi connectivity index (χ4n) is 2.65. The molecule has 0 aliphatic heterocycles. The van der Waals surface area contributed by atoms with Crippen LogP contribution in [0.2, 0.25) is 0 Å². The summed E-state index contributed by atoms with van der Waals surface area (Å²) >= 11 is 0. The molecule has 0 saturated heterocycles. The molecule has 6 heteroatoms. The molecule has 2 aromatic carbocycles. The number of aryl methyl sites for hydroxylation is 1. The van der Waals surface area contributed by atoms with Crippen LogP contribution in [0.1, 0.15) is 5.56 Å². The van der Waals surface area contributed by atoms with Gasteiger partial charge in [0, 0.05) is 34.9 Å². The zero-order valence-corrected chi connectivity index (χ0v) is 13.6. The van der Waals surface area contributed by atoms with E-state index in [1.54, 1.807) is 18.6 Å². The third kappa shape index (κ3) is 2.97. The number of imidazole rings is 1. The van der Waals surface area contributed by atoms with Gasteiger partial charge in [-0.25, -0.2) is 9.97 Å². The van der Waals surface area contributed by atoms with E-state index in [2.05, 4.69) is 25.2 Å². The lowest BCUT2D eigenvalue weighted by molar-refractivity contribution is 1.22. The molecule has 4 rings (SSSR count). The number of azo groups is 1. The van der Waals surface area contributed by atoms with Crippen molar-refractivity contribution in [2.75, 3.05) is 5.73 Å². The molecule has 25 heavy (non-hydrogen) atoms. The van der Waals surface area contributed by atoms with Crippen LogP contribution in [0, 0.1) is 6.92 Å². The number of H-pyrrole nitrogens is 1. The van der Waals surface area contributed by atoms with Crippen molar-refractivity contribution < 1.29 is 0 Å². The van der Waals surface area contributed by atoms with E-state index < -0.39 is 0 Å². The SMILES string of the molecule is Cc1ccc2cnc(N)c(N=Nc3ccc(-c4ncc[nH]4)cc3)c2c1. The number of nitrogens with one attached hydrogen (secondary N) is 1. The number of nitrogens with two attached hydrogens (primary N) is 1. The average Bonchev–Trinajstić information content (AvgIpc) is 3.16. The van der Waals surface area contributed by atoms with E-state index in [1.807, 2.05) is 49.4 Å². The van der Waals surface area contributed by atoms with Crippen LogP contribution in [0.25, 0.3) is 22.2 Å². The topological polar surface area (TPSA) is 92.3 Å². The number of fused-ring (bicyclic) bond motifs is 1. The van der Waals surface area contributed by atoms with Crippen molar-refractivity contribution in [3.8, 4) is 11.4 Å². The summed E-state index contributed by atoms with van der Waals surface area (Å²) < 4.78 is 0. The Hall–Kier alpha value is -3.54. The largest absolute Gasteiger partial charge is 0.382 e. The Balaban J connectivity index is 1.69. The van der Waals surface area contributed by atoms with Gasteiger partial charge in [0.05, 0.1) is 5.69 Å². The van der Waals surface area contributed by atoms with Gasteiger partial charge in [0.1, 0.15) is 11.5 Å². The standard InChI is InChI=1S/C19H16N6/c1-12-2-3-14-11-23-18(20)17(16(14)10-12)25-24-15-6-4-13(5-7-15)19-21-8-9-22-19/h2-11H,1H3,(H2,20,23)(H,21,22). The second-order valence-corrected chi connectivity index (χ2v) is 5.77. The number of benzene rings is 2. The lowest BCUT2D eigenvalue weighted by atomic mass is 10.1. The van der Waals surface area contributed by atoms with E-state index >= 15 is 0 Å². The first-order chi connectivity index (χ1) is 12.2. The van der Waals surface area contributed by atoms with Gasteiger partial charge in [0.25, 0.3) is 0 Å². The summed E-state index contributed by atoms with van der Waals surface area (Å²) in [5, 5.41) is 10.6. The molecule has 6 nitrogen and oxygen atoms in total. The van der Waals surface area contributed by atoms with Crippen LogP contribution in [-0.2, 0) is 0 Å². The van der Waals surface area contributed by atoms with Crippen LogP contribution in [0.3, 0.4) is 0 Å². The molecule has 0 radical (unpaired) electrons. The maximum Gasteiger partial charge on any atom is 0.151 e. The summed E-state index contributed by atoms with van der Waals surface area (Å²) in [6.45, 7) is 2.03. The molecule has 0 aliphatic rings. The lowest BCUT2D eigenvalue weighted by Gasteiger charge is -2.05. The van der Waals surface area contributed by atoms with E-state index in [4.69, 9.17) is 5.73 Å². The molecule has 4 aromatic rings. The van der Waals surface area contributed by atoms with Crippen molar-refractivity contribution >= 4 is 28.0 Å². The fourth-order valence-corrected chi connectivity index (χ4v) is 2.65. The van der Waals surface area contributed by atoms with Crippen molar-refractivity contribution in [1.82, 2.24) is 15.0 Å². The molecule has 2 heterocycles. The van der Waals surface area contributed by atoms with Gasteiger partial charge in [-0.05, 0) is 37.3 Å². The van der Waals surface area contributed by atoms with Gasteiger partial charge < -0.3 is 10.7 Å². The zero-order chi connectivity index (χ0) is 17.2. The number of nitrogen functional groups attached to an aromatic ring is 1. The molecule has 3 N–H and O–H groups in total. The Bertz CT molecular complexity index is 1040. The highest BCUT2D eigenvalue weighted by Crippen LogP contribution is 2.32. The van der Waals surface area contributed by atoms with Crippen LogP contribution in [0.5, 0.6) is 0 Å². The molecule has 0 fully saturated rings. The summed E-state index contributed by atoms with van der Waals surface area (Å²) in [5.74, 6) is 1.19. The molecule has 0 bridgehead atoms. The highest BCUT2D eigenvalue weighted by molar-refractivity contribution is 5.96. The van der Waals surface area contributed by atoms with E-state index in [-0.39, 0.29) is 0 Å². The Morgan fingerprint density at radius 2 is 1.84 bits per heavy atom. The third-order valence-electron chi connectivity index (χ3n) is 3.95. The quantitative estimate of drug-likeness (QED) is 0.522. The van der Waals surface area contributed by atoms with Gasteiger partial charge in [-0.3, -0.25) is 0 Å². The normalized spacial score (nSPS) is 11.4. The molecule has 122 valence electrons. The van der Waals surface area contributed by atoms with Crippen LogP contribution >= 0.6 is 0 Å². The van der Waals surface area contributed by atoms with Crippen LogP contribution < -0.4 is 5.73 Å². The minimum Gasteiger partial charge on any atom is -0.382 e. The summed E-state index contributed by atoms with van der Waals surface area (Å²) in [6, 6.07) is 13.8. The second kappa shape index (κ2) is 6.16. The number of aromatic amines is 1. The molecule has 0 aliphatic carbocycles. The average molecular weight is 328 g/mol.